The molecular formula is C17H21FN2O2. The number of carbonyl (C=O) groups is 1. The van der Waals surface area contributed by atoms with Crippen LogP contribution in [-0.4, -0.2) is 28.6 Å². The molecule has 0 saturated carbocycles. The van der Waals surface area contributed by atoms with Gasteiger partial charge in [-0.2, -0.15) is 0 Å². The molecule has 0 bridgehead atoms. The Kier molecular flexibility index (Phi) is 5.33. The summed E-state index contributed by atoms with van der Waals surface area (Å²) in [5.41, 5.74) is 2.00. The summed E-state index contributed by atoms with van der Waals surface area (Å²) >= 11 is 0. The van der Waals surface area contributed by atoms with Gasteiger partial charge < -0.3 is 15.4 Å². The number of halogens is 1. The van der Waals surface area contributed by atoms with Crippen molar-refractivity contribution < 1.29 is 14.3 Å². The van der Waals surface area contributed by atoms with Crippen molar-refractivity contribution in [1.29, 1.82) is 0 Å². The van der Waals surface area contributed by atoms with Crippen molar-refractivity contribution in [2.45, 2.75) is 26.4 Å². The molecule has 0 radical (unpaired) electrons. The van der Waals surface area contributed by atoms with Gasteiger partial charge in [0.25, 0.3) is 5.91 Å². The Bertz CT molecular complexity index is 620. The maximum absolute atomic E-state index is 13.0. The molecule has 1 heterocycles. The quantitative estimate of drug-likeness (QED) is 0.768. The van der Waals surface area contributed by atoms with Crippen LogP contribution in [0.25, 0.3) is 11.1 Å². The number of H-pyrrole nitrogens is 1. The van der Waals surface area contributed by atoms with E-state index in [-0.39, 0.29) is 17.6 Å². The zero-order valence-electron chi connectivity index (χ0n) is 12.8. The highest BCUT2D eigenvalue weighted by molar-refractivity contribution is 6.00. The normalized spacial score (nSPS) is 12.4. The van der Waals surface area contributed by atoms with Crippen molar-refractivity contribution in [3.63, 3.8) is 0 Å². The van der Waals surface area contributed by atoms with Gasteiger partial charge in [-0.3, -0.25) is 4.79 Å². The van der Waals surface area contributed by atoms with Crippen LogP contribution < -0.4 is 5.32 Å². The Hall–Kier alpha value is -2.14. The summed E-state index contributed by atoms with van der Waals surface area (Å²) in [7, 11) is 0. The van der Waals surface area contributed by atoms with Crippen LogP contribution in [0.5, 0.6) is 0 Å². The second kappa shape index (κ2) is 7.22. The van der Waals surface area contributed by atoms with Crippen molar-refractivity contribution in [2.75, 3.05) is 6.54 Å². The first-order valence-corrected chi connectivity index (χ1v) is 7.38. The number of nitrogens with one attached hydrogen (secondary N) is 2. The molecule has 3 N–H and O–H groups in total. The fourth-order valence-electron chi connectivity index (χ4n) is 2.18. The number of carbonyl (C=O) groups excluding carboxylic acids is 1. The molecule has 22 heavy (non-hydrogen) atoms. The van der Waals surface area contributed by atoms with Crippen molar-refractivity contribution >= 4 is 5.91 Å². The van der Waals surface area contributed by atoms with Gasteiger partial charge in [-0.25, -0.2) is 4.39 Å². The van der Waals surface area contributed by atoms with Crippen molar-refractivity contribution in [1.82, 2.24) is 10.3 Å². The lowest BCUT2D eigenvalue weighted by Crippen LogP contribution is -2.28. The minimum atomic E-state index is -0.428. The Morgan fingerprint density at radius 1 is 1.27 bits per heavy atom. The average Bonchev–Trinajstić information content (AvgIpc) is 2.97. The second-order valence-corrected chi connectivity index (χ2v) is 5.65. The molecule has 0 spiro atoms. The summed E-state index contributed by atoms with van der Waals surface area (Å²) < 4.78 is 13.0. The van der Waals surface area contributed by atoms with E-state index in [2.05, 4.69) is 10.3 Å². The fourth-order valence-corrected chi connectivity index (χ4v) is 2.18. The predicted octanol–water partition coefficient (Wildman–Crippen LogP) is 2.96. The van der Waals surface area contributed by atoms with E-state index >= 15 is 0 Å². The maximum Gasteiger partial charge on any atom is 0.253 e. The molecule has 1 aromatic heterocycles. The third-order valence-corrected chi connectivity index (χ3v) is 3.64. The molecule has 0 aliphatic heterocycles. The van der Waals surface area contributed by atoms with Gasteiger partial charge in [-0.05, 0) is 30.0 Å². The van der Waals surface area contributed by atoms with Crippen LogP contribution in [-0.2, 0) is 0 Å². The van der Waals surface area contributed by atoms with E-state index in [0.29, 0.717) is 18.5 Å². The van der Waals surface area contributed by atoms with Crippen LogP contribution in [0.2, 0.25) is 0 Å². The molecule has 1 unspecified atom stereocenters. The third kappa shape index (κ3) is 3.95. The SMILES string of the molecule is CC(C)C(O)CCNC(=O)c1c[nH]cc1-c1ccc(F)cc1. The number of aliphatic hydroxyl groups is 1. The minimum Gasteiger partial charge on any atom is -0.393 e. The Morgan fingerprint density at radius 3 is 2.59 bits per heavy atom. The van der Waals surface area contributed by atoms with E-state index < -0.39 is 6.10 Å². The Labute approximate surface area is 129 Å². The fraction of sp³-hybridized carbons (Fsp3) is 0.353. The summed E-state index contributed by atoms with van der Waals surface area (Å²) in [6.07, 6.45) is 3.42. The standard InChI is InChI=1S/C17H21FN2O2/c1-11(2)16(21)7-8-20-17(22)15-10-19-9-14(15)12-3-5-13(18)6-4-12/h3-6,9-11,16,19,21H,7-8H2,1-2H3,(H,20,22). The van der Waals surface area contributed by atoms with Crippen LogP contribution in [0.3, 0.4) is 0 Å². The van der Waals surface area contributed by atoms with Gasteiger partial charge >= 0.3 is 0 Å². The van der Waals surface area contributed by atoms with Gasteiger partial charge in [0.2, 0.25) is 0 Å². The first-order chi connectivity index (χ1) is 10.5. The summed E-state index contributed by atoms with van der Waals surface area (Å²) in [6, 6.07) is 6.00. The van der Waals surface area contributed by atoms with Crippen LogP contribution in [0.15, 0.2) is 36.7 Å². The Balaban J connectivity index is 2.02. The highest BCUT2D eigenvalue weighted by atomic mass is 19.1. The van der Waals surface area contributed by atoms with Crippen LogP contribution in [0.4, 0.5) is 4.39 Å². The van der Waals surface area contributed by atoms with E-state index in [0.717, 1.165) is 11.1 Å². The monoisotopic (exact) mass is 304 g/mol. The van der Waals surface area contributed by atoms with Gasteiger partial charge in [-0.1, -0.05) is 26.0 Å². The third-order valence-electron chi connectivity index (χ3n) is 3.64. The largest absolute Gasteiger partial charge is 0.393 e. The number of amides is 1. The molecule has 0 aliphatic rings. The summed E-state index contributed by atoms with van der Waals surface area (Å²) in [5, 5.41) is 12.5. The topological polar surface area (TPSA) is 65.1 Å². The molecule has 5 heteroatoms. The average molecular weight is 304 g/mol. The molecular weight excluding hydrogens is 283 g/mol. The van der Waals surface area contributed by atoms with Crippen molar-refractivity contribution in [3.05, 3.63) is 48.0 Å². The van der Waals surface area contributed by atoms with Gasteiger partial charge in [0.15, 0.2) is 0 Å². The molecule has 1 amide bonds. The van der Waals surface area contributed by atoms with E-state index in [1.165, 1.54) is 12.1 Å². The lowest BCUT2D eigenvalue weighted by molar-refractivity contribution is 0.0921. The van der Waals surface area contributed by atoms with Gasteiger partial charge in [0.1, 0.15) is 5.82 Å². The van der Waals surface area contributed by atoms with E-state index in [1.54, 1.807) is 24.5 Å². The van der Waals surface area contributed by atoms with E-state index in [9.17, 15) is 14.3 Å². The van der Waals surface area contributed by atoms with E-state index in [1.807, 2.05) is 13.8 Å². The molecule has 1 aromatic carbocycles. The molecule has 0 saturated heterocycles. The summed E-state index contributed by atoms with van der Waals surface area (Å²) in [5.74, 6) is -0.358. The zero-order valence-corrected chi connectivity index (χ0v) is 12.8. The highest BCUT2D eigenvalue weighted by Gasteiger charge is 2.15. The molecule has 2 rings (SSSR count). The van der Waals surface area contributed by atoms with Crippen LogP contribution in [0.1, 0.15) is 30.6 Å². The van der Waals surface area contributed by atoms with Gasteiger partial charge in [0.05, 0.1) is 11.7 Å². The van der Waals surface area contributed by atoms with Crippen molar-refractivity contribution in [2.24, 2.45) is 5.92 Å². The number of hydrogen-bond acceptors (Lipinski definition) is 2. The number of aromatic amines is 1. The second-order valence-electron chi connectivity index (χ2n) is 5.65. The Morgan fingerprint density at radius 2 is 1.95 bits per heavy atom. The van der Waals surface area contributed by atoms with Crippen LogP contribution in [0, 0.1) is 11.7 Å². The molecule has 4 nitrogen and oxygen atoms in total. The molecule has 0 aliphatic carbocycles. The maximum atomic E-state index is 13.0. The van der Waals surface area contributed by atoms with Gasteiger partial charge in [0, 0.05) is 24.5 Å². The summed E-state index contributed by atoms with van der Waals surface area (Å²) in [6.45, 7) is 4.28. The number of aromatic nitrogens is 1. The number of benzene rings is 1. The molecule has 118 valence electrons. The molecule has 2 aromatic rings. The van der Waals surface area contributed by atoms with Crippen LogP contribution >= 0.6 is 0 Å². The minimum absolute atomic E-state index is 0.166. The number of rotatable bonds is 6. The number of aliphatic hydroxyl groups excluding tert-OH is 1. The van der Waals surface area contributed by atoms with E-state index in [4.69, 9.17) is 0 Å². The zero-order chi connectivity index (χ0) is 16.1. The first kappa shape index (κ1) is 16.2. The summed E-state index contributed by atoms with van der Waals surface area (Å²) in [4.78, 5) is 15.1. The van der Waals surface area contributed by atoms with Crippen molar-refractivity contribution in [3.8, 4) is 11.1 Å². The molecule has 1 atom stereocenters. The number of hydrogen-bond donors (Lipinski definition) is 3. The first-order valence-electron chi connectivity index (χ1n) is 7.38. The van der Waals surface area contributed by atoms with Gasteiger partial charge in [-0.15, -0.1) is 0 Å². The predicted molar refractivity (Wildman–Crippen MR) is 84.0 cm³/mol. The molecule has 0 fully saturated rings. The lowest BCUT2D eigenvalue weighted by atomic mass is 10.0. The lowest BCUT2D eigenvalue weighted by Gasteiger charge is -2.14. The highest BCUT2D eigenvalue weighted by Crippen LogP contribution is 2.23. The smallest absolute Gasteiger partial charge is 0.253 e.